The van der Waals surface area contributed by atoms with Crippen molar-refractivity contribution in [2.24, 2.45) is 0 Å². The Morgan fingerprint density at radius 2 is 1.86 bits per heavy atom. The van der Waals surface area contributed by atoms with Crippen LogP contribution in [-0.4, -0.2) is 25.8 Å². The van der Waals surface area contributed by atoms with Gasteiger partial charge >= 0.3 is 0 Å². The molecule has 2 aromatic heterocycles. The Balaban J connectivity index is 2.02. The third-order valence-electron chi connectivity index (χ3n) is 4.07. The van der Waals surface area contributed by atoms with Gasteiger partial charge in [0, 0.05) is 28.6 Å². The normalized spacial score (nSPS) is 10.6. The summed E-state index contributed by atoms with van der Waals surface area (Å²) in [7, 11) is 0. The Morgan fingerprint density at radius 1 is 1.11 bits per heavy atom. The van der Waals surface area contributed by atoms with E-state index in [9.17, 15) is 5.26 Å². The number of aromatic nitrogens is 3. The monoisotopic (exact) mass is 407 g/mol. The molecule has 0 aliphatic carbocycles. The molecule has 0 spiro atoms. The summed E-state index contributed by atoms with van der Waals surface area (Å²) in [6, 6.07) is 14.2. The number of nitrogens with zero attached hydrogens (tertiary/aromatic N) is 4. The number of hydrogen-bond donors (Lipinski definition) is 1. The summed E-state index contributed by atoms with van der Waals surface area (Å²) in [4.78, 5) is 12.9. The van der Waals surface area contributed by atoms with Crippen molar-refractivity contribution in [3.8, 4) is 28.5 Å². The molecule has 0 bridgehead atoms. The number of thioether (sulfide) groups is 2. The summed E-state index contributed by atoms with van der Waals surface area (Å²) in [5.74, 6) is 1.34. The van der Waals surface area contributed by atoms with E-state index >= 15 is 0 Å². The van der Waals surface area contributed by atoms with Crippen LogP contribution in [0.15, 0.2) is 53.8 Å². The van der Waals surface area contributed by atoms with Gasteiger partial charge in [-0.1, -0.05) is 55.4 Å². The molecule has 3 rings (SSSR count). The number of anilines is 1. The van der Waals surface area contributed by atoms with Crippen LogP contribution in [0, 0.1) is 11.3 Å². The van der Waals surface area contributed by atoms with E-state index in [0.29, 0.717) is 5.56 Å². The molecule has 1 aromatic carbocycles. The summed E-state index contributed by atoms with van der Waals surface area (Å²) in [5, 5.41) is 11.4. The number of nitrogen functional groups attached to an aromatic ring is 1. The van der Waals surface area contributed by atoms with Gasteiger partial charge in [-0.2, -0.15) is 17.0 Å². The molecule has 0 fully saturated rings. The lowest BCUT2D eigenvalue weighted by atomic mass is 10.00. The van der Waals surface area contributed by atoms with Crippen LogP contribution < -0.4 is 5.73 Å². The smallest absolute Gasteiger partial charge is 0.219 e. The van der Waals surface area contributed by atoms with Gasteiger partial charge in [-0.05, 0) is 23.8 Å². The average Bonchev–Trinajstić information content (AvgIpc) is 2.74. The van der Waals surface area contributed by atoms with Crippen LogP contribution in [0.4, 0.5) is 5.95 Å². The van der Waals surface area contributed by atoms with Crippen molar-refractivity contribution in [3.05, 3.63) is 54.4 Å². The minimum absolute atomic E-state index is 0.225. The molecular weight excluding hydrogens is 386 g/mol. The van der Waals surface area contributed by atoms with Crippen molar-refractivity contribution >= 4 is 29.5 Å². The van der Waals surface area contributed by atoms with Gasteiger partial charge in [0.2, 0.25) is 5.95 Å². The molecule has 5 nitrogen and oxygen atoms in total. The first-order chi connectivity index (χ1) is 13.7. The molecule has 2 heterocycles. The van der Waals surface area contributed by atoms with Crippen molar-refractivity contribution in [1.82, 2.24) is 15.0 Å². The fourth-order valence-corrected chi connectivity index (χ4v) is 4.81. The summed E-state index contributed by atoms with van der Waals surface area (Å²) in [6.07, 6.45) is 5.71. The minimum atomic E-state index is 0.225. The third kappa shape index (κ3) is 5.03. The molecule has 0 radical (unpaired) electrons. The van der Waals surface area contributed by atoms with Crippen LogP contribution in [0.5, 0.6) is 0 Å². The second-order valence-electron chi connectivity index (χ2n) is 6.07. The number of rotatable bonds is 8. The van der Waals surface area contributed by atoms with Crippen LogP contribution >= 0.6 is 23.5 Å². The van der Waals surface area contributed by atoms with E-state index in [1.165, 1.54) is 12.8 Å². The fourth-order valence-electron chi connectivity index (χ4n) is 2.60. The Hall–Kier alpha value is -2.56. The zero-order chi connectivity index (χ0) is 19.8. The van der Waals surface area contributed by atoms with E-state index < -0.39 is 0 Å². The van der Waals surface area contributed by atoms with Crippen LogP contribution in [0.2, 0.25) is 0 Å². The number of nitrogens with two attached hydrogens (primary N) is 1. The maximum absolute atomic E-state index is 9.85. The number of pyridine rings is 1. The highest BCUT2D eigenvalue weighted by atomic mass is 32.2. The highest BCUT2D eigenvalue weighted by Gasteiger charge is 2.16. The van der Waals surface area contributed by atoms with Gasteiger partial charge in [0.05, 0.1) is 11.3 Å². The molecule has 2 N–H and O–H groups in total. The predicted octanol–water partition coefficient (Wildman–Crippen LogP) is 5.24. The summed E-state index contributed by atoms with van der Waals surface area (Å²) in [5.41, 5.74) is 9.58. The highest BCUT2D eigenvalue weighted by molar-refractivity contribution is 8.15. The van der Waals surface area contributed by atoms with E-state index in [0.717, 1.165) is 38.2 Å². The lowest BCUT2D eigenvalue weighted by molar-refractivity contribution is 0.897. The summed E-state index contributed by atoms with van der Waals surface area (Å²) < 4.78 is 0. The van der Waals surface area contributed by atoms with E-state index in [1.54, 1.807) is 24.2 Å². The number of hydrogen-bond acceptors (Lipinski definition) is 7. The van der Waals surface area contributed by atoms with Crippen LogP contribution in [0.3, 0.4) is 0 Å². The molecule has 0 aliphatic rings. The highest BCUT2D eigenvalue weighted by Crippen LogP contribution is 2.35. The second-order valence-corrected chi connectivity index (χ2v) is 8.50. The van der Waals surface area contributed by atoms with Gasteiger partial charge in [-0.15, -0.1) is 0 Å². The Morgan fingerprint density at radius 3 is 2.54 bits per heavy atom. The zero-order valence-electron chi connectivity index (χ0n) is 15.6. The van der Waals surface area contributed by atoms with Gasteiger partial charge in [-0.3, -0.25) is 0 Å². The molecule has 0 amide bonds. The van der Waals surface area contributed by atoms with Crippen LogP contribution in [-0.2, 0) is 0 Å². The molecule has 0 atom stereocenters. The van der Waals surface area contributed by atoms with Crippen molar-refractivity contribution in [2.75, 3.05) is 16.6 Å². The van der Waals surface area contributed by atoms with Gasteiger partial charge in [-0.25, -0.2) is 15.0 Å². The lowest BCUT2D eigenvalue weighted by Gasteiger charge is -2.12. The van der Waals surface area contributed by atoms with Crippen LogP contribution in [0.25, 0.3) is 22.4 Å². The first-order valence-corrected chi connectivity index (χ1v) is 11.2. The summed E-state index contributed by atoms with van der Waals surface area (Å²) >= 11 is 3.48. The topological polar surface area (TPSA) is 88.5 Å². The number of unbranched alkanes of at least 4 members (excludes halogenated alkanes) is 1. The number of benzene rings is 1. The second kappa shape index (κ2) is 10.1. The Labute approximate surface area is 173 Å². The third-order valence-corrected chi connectivity index (χ3v) is 6.36. The Bertz CT molecular complexity index is 953. The molecule has 3 aromatic rings. The van der Waals surface area contributed by atoms with Crippen molar-refractivity contribution < 1.29 is 0 Å². The maximum Gasteiger partial charge on any atom is 0.219 e. The predicted molar refractivity (Wildman–Crippen MR) is 118 cm³/mol. The molecule has 28 heavy (non-hydrogen) atoms. The quantitative estimate of drug-likeness (QED) is 0.310. The first-order valence-electron chi connectivity index (χ1n) is 9.02. The van der Waals surface area contributed by atoms with Crippen molar-refractivity contribution in [2.45, 2.75) is 24.8 Å². The molecular formula is C21H21N5S2. The van der Waals surface area contributed by atoms with E-state index in [2.05, 4.69) is 23.0 Å². The fraction of sp³-hybridized carbons (Fsp3) is 0.238. The van der Waals surface area contributed by atoms with Gasteiger partial charge < -0.3 is 5.73 Å². The maximum atomic E-state index is 9.85. The summed E-state index contributed by atoms with van der Waals surface area (Å²) in [6.45, 7) is 2.19. The van der Waals surface area contributed by atoms with Gasteiger partial charge in [0.25, 0.3) is 0 Å². The van der Waals surface area contributed by atoms with E-state index in [1.807, 2.05) is 48.2 Å². The Kier molecular flexibility index (Phi) is 7.29. The molecule has 0 unspecified atom stereocenters. The molecule has 142 valence electrons. The standard InChI is InChI=1S/C21H21N5S2/c1-2-3-9-27-14-28-20-18(11-22)17(15-7-5-4-6-8-15)10-19(26-20)16-12-24-21(23)25-13-16/h4-8,10,12-13H,2-3,9,14H2,1H3,(H2,23,24,25). The molecule has 0 aliphatic heterocycles. The minimum Gasteiger partial charge on any atom is -0.368 e. The van der Waals surface area contributed by atoms with Crippen molar-refractivity contribution in [1.29, 1.82) is 5.26 Å². The zero-order valence-corrected chi connectivity index (χ0v) is 17.3. The first kappa shape index (κ1) is 20.2. The SMILES string of the molecule is CCCCSCSc1nc(-c2cnc(N)nc2)cc(-c2ccccc2)c1C#N. The molecule has 7 heteroatoms. The van der Waals surface area contributed by atoms with Crippen LogP contribution in [0.1, 0.15) is 25.3 Å². The van der Waals surface area contributed by atoms with Crippen molar-refractivity contribution in [3.63, 3.8) is 0 Å². The van der Waals surface area contributed by atoms with E-state index in [-0.39, 0.29) is 5.95 Å². The average molecular weight is 408 g/mol. The molecule has 0 saturated carbocycles. The number of nitriles is 1. The van der Waals surface area contributed by atoms with E-state index in [4.69, 9.17) is 10.7 Å². The largest absolute Gasteiger partial charge is 0.368 e. The van der Waals surface area contributed by atoms with Gasteiger partial charge in [0.15, 0.2) is 0 Å². The molecule has 0 saturated heterocycles. The lowest BCUT2D eigenvalue weighted by Crippen LogP contribution is -1.98. The van der Waals surface area contributed by atoms with Gasteiger partial charge in [0.1, 0.15) is 11.1 Å².